The molecular formula is C16H24N2S. The molecule has 1 aromatic heterocycles. The summed E-state index contributed by atoms with van der Waals surface area (Å²) in [5.41, 5.74) is 7.49. The summed E-state index contributed by atoms with van der Waals surface area (Å²) in [6, 6.07) is 8.95. The second-order valence-corrected chi connectivity index (χ2v) is 6.28. The Labute approximate surface area is 120 Å². The van der Waals surface area contributed by atoms with Crippen molar-refractivity contribution in [3.63, 3.8) is 0 Å². The van der Waals surface area contributed by atoms with Gasteiger partial charge in [-0.3, -0.25) is 4.90 Å². The molecule has 0 saturated carbocycles. The van der Waals surface area contributed by atoms with Crippen LogP contribution in [0.4, 0.5) is 0 Å². The Morgan fingerprint density at radius 1 is 1.21 bits per heavy atom. The number of thiophene rings is 1. The van der Waals surface area contributed by atoms with Gasteiger partial charge in [-0.1, -0.05) is 32.0 Å². The van der Waals surface area contributed by atoms with Crippen LogP contribution in [0.2, 0.25) is 0 Å². The fourth-order valence-electron chi connectivity index (χ4n) is 2.45. The van der Waals surface area contributed by atoms with Crippen LogP contribution in [0.5, 0.6) is 0 Å². The van der Waals surface area contributed by atoms with Crippen LogP contribution in [0.25, 0.3) is 10.1 Å². The molecule has 19 heavy (non-hydrogen) atoms. The highest BCUT2D eigenvalue weighted by Crippen LogP contribution is 2.33. The summed E-state index contributed by atoms with van der Waals surface area (Å²) in [4.78, 5) is 3.93. The second-order valence-electron chi connectivity index (χ2n) is 5.14. The third kappa shape index (κ3) is 3.35. The third-order valence-corrected chi connectivity index (χ3v) is 4.80. The van der Waals surface area contributed by atoms with E-state index in [1.807, 2.05) is 11.3 Å². The van der Waals surface area contributed by atoms with E-state index in [9.17, 15) is 0 Å². The minimum Gasteiger partial charge on any atom is -0.328 e. The Bertz CT molecular complexity index is 527. The van der Waals surface area contributed by atoms with Gasteiger partial charge in [0.2, 0.25) is 0 Å². The molecule has 0 aliphatic rings. The summed E-state index contributed by atoms with van der Waals surface area (Å²) in [7, 11) is 0. The minimum atomic E-state index is 0.225. The predicted octanol–water partition coefficient (Wildman–Crippen LogP) is 3.63. The van der Waals surface area contributed by atoms with E-state index in [1.54, 1.807) is 0 Å². The molecule has 0 spiro atoms. The molecule has 2 aromatic rings. The van der Waals surface area contributed by atoms with E-state index in [1.165, 1.54) is 20.5 Å². The number of nitrogens with zero attached hydrogens (tertiary/aromatic N) is 1. The van der Waals surface area contributed by atoms with Crippen molar-refractivity contribution in [2.45, 2.75) is 39.8 Å². The van der Waals surface area contributed by atoms with E-state index < -0.39 is 0 Å². The minimum absolute atomic E-state index is 0.225. The first-order valence-electron chi connectivity index (χ1n) is 7.12. The Kier molecular flexibility index (Phi) is 4.97. The highest BCUT2D eigenvalue weighted by atomic mass is 32.1. The number of benzene rings is 1. The molecule has 0 amide bonds. The van der Waals surface area contributed by atoms with Crippen molar-refractivity contribution in [3.05, 3.63) is 34.7 Å². The molecule has 0 aliphatic heterocycles. The van der Waals surface area contributed by atoms with Gasteiger partial charge in [0.1, 0.15) is 0 Å². The largest absolute Gasteiger partial charge is 0.328 e. The number of rotatable bonds is 6. The van der Waals surface area contributed by atoms with Crippen molar-refractivity contribution in [2.24, 2.45) is 5.73 Å². The maximum Gasteiger partial charge on any atom is 0.0349 e. The standard InChI is InChI=1S/C16H24N2S/c1-4-18(5-2)11-14-13-8-6-7-9-15(13)19-16(14)10-12(3)17/h6-9,12H,4-5,10-11,17H2,1-3H3. The SMILES string of the molecule is CCN(CC)Cc1c(CC(C)N)sc2ccccc12. The third-order valence-electron chi connectivity index (χ3n) is 3.57. The van der Waals surface area contributed by atoms with Crippen LogP contribution in [0.3, 0.4) is 0 Å². The lowest BCUT2D eigenvalue weighted by atomic mass is 10.1. The van der Waals surface area contributed by atoms with Crippen LogP contribution in [-0.2, 0) is 13.0 Å². The van der Waals surface area contributed by atoms with E-state index in [-0.39, 0.29) is 6.04 Å². The number of fused-ring (bicyclic) bond motifs is 1. The molecule has 3 heteroatoms. The Balaban J connectivity index is 2.41. The zero-order chi connectivity index (χ0) is 13.8. The fourth-order valence-corrected chi connectivity index (χ4v) is 3.81. The van der Waals surface area contributed by atoms with Crippen molar-refractivity contribution in [3.8, 4) is 0 Å². The van der Waals surface area contributed by atoms with E-state index in [0.717, 1.165) is 26.1 Å². The molecule has 1 aromatic carbocycles. The van der Waals surface area contributed by atoms with Gasteiger partial charge in [-0.25, -0.2) is 0 Å². The predicted molar refractivity (Wildman–Crippen MR) is 85.8 cm³/mol. The zero-order valence-electron chi connectivity index (χ0n) is 12.1. The molecular weight excluding hydrogens is 252 g/mol. The van der Waals surface area contributed by atoms with Gasteiger partial charge in [-0.2, -0.15) is 0 Å². The highest BCUT2D eigenvalue weighted by Gasteiger charge is 2.14. The van der Waals surface area contributed by atoms with Crippen molar-refractivity contribution in [2.75, 3.05) is 13.1 Å². The van der Waals surface area contributed by atoms with E-state index >= 15 is 0 Å². The molecule has 2 rings (SSSR count). The molecule has 1 heterocycles. The van der Waals surface area contributed by atoms with Crippen LogP contribution >= 0.6 is 11.3 Å². The first-order valence-corrected chi connectivity index (χ1v) is 7.94. The normalized spacial score (nSPS) is 13.3. The highest BCUT2D eigenvalue weighted by molar-refractivity contribution is 7.19. The van der Waals surface area contributed by atoms with Gasteiger partial charge in [0.05, 0.1) is 0 Å². The monoisotopic (exact) mass is 276 g/mol. The van der Waals surface area contributed by atoms with Crippen molar-refractivity contribution >= 4 is 21.4 Å². The topological polar surface area (TPSA) is 29.3 Å². The first kappa shape index (κ1) is 14.5. The summed E-state index contributed by atoms with van der Waals surface area (Å²) >= 11 is 1.91. The average Bonchev–Trinajstić information content (AvgIpc) is 2.72. The molecule has 1 unspecified atom stereocenters. The maximum absolute atomic E-state index is 6.00. The number of hydrogen-bond acceptors (Lipinski definition) is 3. The van der Waals surface area contributed by atoms with Gasteiger partial charge in [-0.15, -0.1) is 11.3 Å². The second kappa shape index (κ2) is 6.51. The Hall–Kier alpha value is -0.900. The summed E-state index contributed by atoms with van der Waals surface area (Å²) < 4.78 is 1.39. The molecule has 0 radical (unpaired) electrons. The molecule has 2 nitrogen and oxygen atoms in total. The fraction of sp³-hybridized carbons (Fsp3) is 0.500. The van der Waals surface area contributed by atoms with Crippen molar-refractivity contribution < 1.29 is 0 Å². The summed E-state index contributed by atoms with van der Waals surface area (Å²) in [6.45, 7) is 9.77. The van der Waals surface area contributed by atoms with Gasteiger partial charge < -0.3 is 5.73 Å². The lowest BCUT2D eigenvalue weighted by Gasteiger charge is -2.19. The van der Waals surface area contributed by atoms with E-state index in [0.29, 0.717) is 0 Å². The maximum atomic E-state index is 6.00. The van der Waals surface area contributed by atoms with Gasteiger partial charge in [0, 0.05) is 22.2 Å². The Morgan fingerprint density at radius 3 is 2.53 bits per heavy atom. The van der Waals surface area contributed by atoms with Crippen LogP contribution in [-0.4, -0.2) is 24.0 Å². The van der Waals surface area contributed by atoms with Crippen LogP contribution in [0.15, 0.2) is 24.3 Å². The van der Waals surface area contributed by atoms with Crippen molar-refractivity contribution in [1.29, 1.82) is 0 Å². The average molecular weight is 276 g/mol. The molecule has 0 saturated heterocycles. The zero-order valence-corrected chi connectivity index (χ0v) is 13.0. The molecule has 0 bridgehead atoms. The van der Waals surface area contributed by atoms with E-state index in [2.05, 4.69) is 49.9 Å². The molecule has 2 N–H and O–H groups in total. The number of hydrogen-bond donors (Lipinski definition) is 1. The smallest absolute Gasteiger partial charge is 0.0349 e. The van der Waals surface area contributed by atoms with Crippen molar-refractivity contribution in [1.82, 2.24) is 4.90 Å². The van der Waals surface area contributed by atoms with Gasteiger partial charge in [0.25, 0.3) is 0 Å². The van der Waals surface area contributed by atoms with Gasteiger partial charge in [-0.05, 0) is 43.5 Å². The lowest BCUT2D eigenvalue weighted by Crippen LogP contribution is -2.23. The number of nitrogens with two attached hydrogens (primary N) is 1. The Morgan fingerprint density at radius 2 is 1.89 bits per heavy atom. The summed E-state index contributed by atoms with van der Waals surface area (Å²) in [5, 5.41) is 1.41. The van der Waals surface area contributed by atoms with Crippen LogP contribution in [0.1, 0.15) is 31.2 Å². The molecule has 0 aliphatic carbocycles. The van der Waals surface area contributed by atoms with Crippen LogP contribution < -0.4 is 5.73 Å². The molecule has 1 atom stereocenters. The van der Waals surface area contributed by atoms with Gasteiger partial charge in [0.15, 0.2) is 0 Å². The molecule has 0 fully saturated rings. The first-order chi connectivity index (χ1) is 9.15. The van der Waals surface area contributed by atoms with E-state index in [4.69, 9.17) is 5.73 Å². The quantitative estimate of drug-likeness (QED) is 0.873. The molecule has 104 valence electrons. The summed E-state index contributed by atoms with van der Waals surface area (Å²) in [6.07, 6.45) is 0.982. The van der Waals surface area contributed by atoms with Gasteiger partial charge >= 0.3 is 0 Å². The lowest BCUT2D eigenvalue weighted by molar-refractivity contribution is 0.296. The van der Waals surface area contributed by atoms with Crippen LogP contribution in [0, 0.1) is 0 Å². The summed E-state index contributed by atoms with van der Waals surface area (Å²) in [5.74, 6) is 0.